The molecule has 3 nitrogen and oxygen atoms in total. The number of aromatic amines is 1. The third-order valence-corrected chi connectivity index (χ3v) is 3.41. The van der Waals surface area contributed by atoms with Gasteiger partial charge in [-0.3, -0.25) is 4.79 Å². The van der Waals surface area contributed by atoms with Crippen molar-refractivity contribution in [1.29, 1.82) is 0 Å². The Balaban J connectivity index is 2.29. The molecule has 0 saturated heterocycles. The highest BCUT2D eigenvalue weighted by Gasteiger charge is 2.15. The zero-order valence-electron chi connectivity index (χ0n) is 10.9. The number of H-pyrrole nitrogens is 1. The van der Waals surface area contributed by atoms with Gasteiger partial charge in [0, 0.05) is 36.1 Å². The number of benzene rings is 1. The minimum atomic E-state index is 0.343. The Kier molecular flexibility index (Phi) is 4.03. The van der Waals surface area contributed by atoms with Crippen LogP contribution < -0.4 is 4.90 Å². The summed E-state index contributed by atoms with van der Waals surface area (Å²) in [7, 11) is 0. The molecule has 0 saturated carbocycles. The van der Waals surface area contributed by atoms with Crippen molar-refractivity contribution in [3.63, 3.8) is 0 Å². The molecule has 1 unspecified atom stereocenters. The Morgan fingerprint density at radius 2 is 2.17 bits per heavy atom. The molecule has 1 N–H and O–H groups in total. The van der Waals surface area contributed by atoms with Crippen LogP contribution >= 0.6 is 0 Å². The normalized spacial score (nSPS) is 12.6. The van der Waals surface area contributed by atoms with Gasteiger partial charge in [0.1, 0.15) is 0 Å². The summed E-state index contributed by atoms with van der Waals surface area (Å²) in [6.45, 7) is 5.23. The molecule has 1 aromatic carbocycles. The fraction of sp³-hybridized carbons (Fsp3) is 0.400. The van der Waals surface area contributed by atoms with Gasteiger partial charge in [-0.1, -0.05) is 18.2 Å². The van der Waals surface area contributed by atoms with Gasteiger partial charge >= 0.3 is 0 Å². The summed E-state index contributed by atoms with van der Waals surface area (Å²) in [5.74, 6) is 0. The summed E-state index contributed by atoms with van der Waals surface area (Å²) < 4.78 is 0. The fourth-order valence-corrected chi connectivity index (χ4v) is 2.44. The van der Waals surface area contributed by atoms with Crippen LogP contribution in [0.1, 0.15) is 26.7 Å². The molecule has 0 fully saturated rings. The molecule has 18 heavy (non-hydrogen) atoms. The number of nitrogens with zero attached hydrogens (tertiary/aromatic N) is 1. The first-order valence-corrected chi connectivity index (χ1v) is 6.45. The van der Waals surface area contributed by atoms with Crippen molar-refractivity contribution in [3.05, 3.63) is 30.5 Å². The Morgan fingerprint density at radius 3 is 2.89 bits per heavy atom. The monoisotopic (exact) mass is 243 g/mol. The third kappa shape index (κ3) is 2.40. The van der Waals surface area contributed by atoms with E-state index in [0.29, 0.717) is 12.5 Å². The number of aromatic nitrogens is 1. The highest BCUT2D eigenvalue weighted by molar-refractivity contribution is 5.92. The molecule has 3 heteroatoms. The number of fused-ring (bicyclic) bond motifs is 1. The number of anilines is 1. The van der Waals surface area contributed by atoms with Crippen LogP contribution in [-0.2, 0) is 4.79 Å². The van der Waals surface area contributed by atoms with Crippen molar-refractivity contribution < 1.29 is 4.79 Å². The molecule has 0 spiro atoms. The maximum atomic E-state index is 10.4. The van der Waals surface area contributed by atoms with E-state index in [-0.39, 0.29) is 0 Å². The number of rotatable bonds is 6. The molecule has 2 aromatic rings. The average molecular weight is 243 g/mol. The first kappa shape index (κ1) is 12.7. The minimum Gasteiger partial charge on any atom is -0.367 e. The molecule has 1 heterocycles. The first-order chi connectivity index (χ1) is 8.77. The topological polar surface area (TPSA) is 36.1 Å². The third-order valence-electron chi connectivity index (χ3n) is 3.41. The summed E-state index contributed by atoms with van der Waals surface area (Å²) in [6, 6.07) is 8.63. The van der Waals surface area contributed by atoms with E-state index in [4.69, 9.17) is 0 Å². The number of carbonyl (C=O) groups excluding carboxylic acids is 1. The van der Waals surface area contributed by atoms with Crippen molar-refractivity contribution in [2.75, 3.05) is 11.4 Å². The van der Waals surface area contributed by atoms with Crippen molar-refractivity contribution in [2.24, 2.45) is 0 Å². The van der Waals surface area contributed by atoms with E-state index >= 15 is 0 Å². The molecule has 1 aromatic heterocycles. The Labute approximate surface area is 108 Å². The molecule has 0 aliphatic rings. The summed E-state index contributed by atoms with van der Waals surface area (Å²) >= 11 is 0. The van der Waals surface area contributed by atoms with Crippen LogP contribution in [0, 0.1) is 0 Å². The van der Waals surface area contributed by atoms with Crippen LogP contribution in [0.25, 0.3) is 10.9 Å². The van der Waals surface area contributed by atoms with Gasteiger partial charge in [0.05, 0.1) is 5.69 Å². The summed E-state index contributed by atoms with van der Waals surface area (Å²) in [4.78, 5) is 16.0. The molecule has 0 aliphatic carbocycles. The van der Waals surface area contributed by atoms with E-state index < -0.39 is 0 Å². The van der Waals surface area contributed by atoms with E-state index in [0.717, 1.165) is 18.5 Å². The molecule has 0 aliphatic heterocycles. The molecule has 1 atom stereocenters. The number of hydrogen-bond acceptors (Lipinski definition) is 2. The van der Waals surface area contributed by atoms with E-state index in [2.05, 4.69) is 48.1 Å². The molecule has 95 valence electrons. The Hall–Kier alpha value is -1.77. The predicted molar refractivity (Wildman–Crippen MR) is 75.7 cm³/mol. The van der Waals surface area contributed by atoms with Crippen molar-refractivity contribution in [3.8, 4) is 0 Å². The summed E-state index contributed by atoms with van der Waals surface area (Å²) in [5.41, 5.74) is 2.37. The lowest BCUT2D eigenvalue weighted by molar-refractivity contribution is 0.537. The maximum absolute atomic E-state index is 10.4. The second-order valence-electron chi connectivity index (χ2n) is 4.54. The van der Waals surface area contributed by atoms with Gasteiger partial charge in [0.2, 0.25) is 0 Å². The summed E-state index contributed by atoms with van der Waals surface area (Å²) in [5, 5.41) is 1.24. The predicted octanol–water partition coefficient (Wildman–Crippen LogP) is 3.27. The van der Waals surface area contributed by atoms with E-state index in [1.807, 2.05) is 12.4 Å². The highest BCUT2D eigenvalue weighted by atomic mass is 16.1. The van der Waals surface area contributed by atoms with Gasteiger partial charge in [-0.05, 0) is 26.3 Å². The Morgan fingerprint density at radius 1 is 1.39 bits per heavy atom. The number of hydrogen-bond donors (Lipinski definition) is 1. The Bertz CT molecular complexity index is 518. The molecule has 2 rings (SSSR count). The molecule has 0 bridgehead atoms. The van der Waals surface area contributed by atoms with Gasteiger partial charge in [-0.2, -0.15) is 0 Å². The fourth-order valence-electron chi connectivity index (χ4n) is 2.44. The van der Waals surface area contributed by atoms with Crippen LogP contribution in [0.15, 0.2) is 30.5 Å². The SMILES string of the molecule is CCN(c1c[nH]c2ccccc12)C(C)CC[C]=O. The number of nitrogens with one attached hydrogen (secondary N) is 1. The van der Waals surface area contributed by atoms with Crippen LogP contribution in [0.4, 0.5) is 5.69 Å². The van der Waals surface area contributed by atoms with Gasteiger partial charge in [0.15, 0.2) is 6.29 Å². The zero-order valence-corrected chi connectivity index (χ0v) is 10.9. The lowest BCUT2D eigenvalue weighted by Gasteiger charge is -2.29. The summed E-state index contributed by atoms with van der Waals surface area (Å²) in [6.07, 6.45) is 5.37. The van der Waals surface area contributed by atoms with E-state index in [1.165, 1.54) is 11.1 Å². The van der Waals surface area contributed by atoms with Crippen LogP contribution in [0.2, 0.25) is 0 Å². The first-order valence-electron chi connectivity index (χ1n) is 6.45. The van der Waals surface area contributed by atoms with Crippen molar-refractivity contribution >= 4 is 22.9 Å². The minimum absolute atomic E-state index is 0.343. The molecule has 1 radical (unpaired) electrons. The lowest BCUT2D eigenvalue weighted by Crippen LogP contribution is -2.32. The molecular formula is C15H19N2O. The van der Waals surface area contributed by atoms with Gasteiger partial charge in [-0.15, -0.1) is 0 Å². The standard InChI is InChI=1S/C15H19N2O/c1-3-17(12(2)7-6-10-18)15-11-16-14-9-5-4-8-13(14)15/h4-5,8-9,11-12,16H,3,6-7H2,1-2H3. The molecule has 0 amide bonds. The van der Waals surface area contributed by atoms with E-state index in [9.17, 15) is 4.79 Å². The molecular weight excluding hydrogens is 224 g/mol. The van der Waals surface area contributed by atoms with Gasteiger partial charge < -0.3 is 9.88 Å². The lowest BCUT2D eigenvalue weighted by atomic mass is 10.1. The largest absolute Gasteiger partial charge is 0.367 e. The average Bonchev–Trinajstić information content (AvgIpc) is 2.81. The van der Waals surface area contributed by atoms with Gasteiger partial charge in [0.25, 0.3) is 0 Å². The highest BCUT2D eigenvalue weighted by Crippen LogP contribution is 2.28. The van der Waals surface area contributed by atoms with Crippen LogP contribution in [-0.4, -0.2) is 23.9 Å². The second-order valence-corrected chi connectivity index (χ2v) is 4.54. The number of para-hydroxylation sites is 1. The van der Waals surface area contributed by atoms with Crippen molar-refractivity contribution in [2.45, 2.75) is 32.7 Å². The van der Waals surface area contributed by atoms with Gasteiger partial charge in [-0.25, -0.2) is 0 Å². The van der Waals surface area contributed by atoms with Crippen molar-refractivity contribution in [1.82, 2.24) is 4.98 Å². The second kappa shape index (κ2) is 5.71. The quantitative estimate of drug-likeness (QED) is 0.845. The smallest absolute Gasteiger partial charge is 0.198 e. The van der Waals surface area contributed by atoms with Crippen LogP contribution in [0.3, 0.4) is 0 Å². The zero-order chi connectivity index (χ0) is 13.0. The maximum Gasteiger partial charge on any atom is 0.198 e. The van der Waals surface area contributed by atoms with E-state index in [1.54, 1.807) is 0 Å². The van der Waals surface area contributed by atoms with Crippen LogP contribution in [0.5, 0.6) is 0 Å².